The lowest BCUT2D eigenvalue weighted by Gasteiger charge is -2.16. The lowest BCUT2D eigenvalue weighted by atomic mass is 10.1. The summed E-state index contributed by atoms with van der Waals surface area (Å²) in [5.74, 6) is 0.949. The van der Waals surface area contributed by atoms with E-state index in [2.05, 4.69) is 20.6 Å². The third-order valence-electron chi connectivity index (χ3n) is 3.90. The van der Waals surface area contributed by atoms with Gasteiger partial charge in [0.1, 0.15) is 17.5 Å². The van der Waals surface area contributed by atoms with Crippen molar-refractivity contribution in [3.05, 3.63) is 53.2 Å². The quantitative estimate of drug-likeness (QED) is 0.804. The molecule has 0 aliphatic carbocycles. The van der Waals surface area contributed by atoms with Gasteiger partial charge in [-0.3, -0.25) is 4.79 Å². The van der Waals surface area contributed by atoms with Gasteiger partial charge < -0.3 is 10.6 Å². The number of hydrogen-bond donors (Lipinski definition) is 2. The molecule has 1 heterocycles. The molecule has 25 heavy (non-hydrogen) atoms. The number of carbonyl (C=O) groups is 1. The van der Waals surface area contributed by atoms with Crippen LogP contribution in [0.4, 0.5) is 10.2 Å². The maximum Gasteiger partial charge on any atom is 0.254 e. The zero-order valence-electron chi connectivity index (χ0n) is 15.1. The van der Waals surface area contributed by atoms with Crippen molar-refractivity contribution >= 4 is 11.7 Å². The molecule has 0 spiro atoms. The van der Waals surface area contributed by atoms with Crippen LogP contribution >= 0.6 is 0 Å². The summed E-state index contributed by atoms with van der Waals surface area (Å²) in [5.41, 5.74) is 0.740. The van der Waals surface area contributed by atoms with Gasteiger partial charge in [-0.15, -0.1) is 0 Å². The molecule has 1 atom stereocenters. The maximum absolute atomic E-state index is 13.8. The van der Waals surface area contributed by atoms with E-state index in [1.54, 1.807) is 25.3 Å². The molecule has 1 aromatic heterocycles. The number of rotatable bonds is 7. The monoisotopic (exact) mass is 344 g/mol. The molecule has 0 aliphatic heterocycles. The number of hydrogen-bond acceptors (Lipinski definition) is 4. The zero-order valence-corrected chi connectivity index (χ0v) is 15.1. The van der Waals surface area contributed by atoms with Gasteiger partial charge in [-0.05, 0) is 38.0 Å². The fourth-order valence-corrected chi connectivity index (χ4v) is 2.45. The molecule has 0 unspecified atom stereocenters. The summed E-state index contributed by atoms with van der Waals surface area (Å²) in [6, 6.07) is 6.35. The highest BCUT2D eigenvalue weighted by atomic mass is 19.1. The highest BCUT2D eigenvalue weighted by molar-refractivity contribution is 5.96. The minimum Gasteiger partial charge on any atom is -0.370 e. The van der Waals surface area contributed by atoms with Gasteiger partial charge in [0.2, 0.25) is 0 Å². The van der Waals surface area contributed by atoms with Gasteiger partial charge in [0.05, 0.1) is 5.56 Å². The number of halogens is 1. The first-order chi connectivity index (χ1) is 11.9. The first kappa shape index (κ1) is 18.8. The molecule has 6 heteroatoms. The normalized spacial score (nSPS) is 12.1. The Morgan fingerprint density at radius 3 is 2.68 bits per heavy atom. The highest BCUT2D eigenvalue weighted by Crippen LogP contribution is 2.13. The van der Waals surface area contributed by atoms with Gasteiger partial charge in [-0.1, -0.05) is 26.0 Å². The second-order valence-corrected chi connectivity index (χ2v) is 6.48. The Morgan fingerprint density at radius 2 is 2.00 bits per heavy atom. The summed E-state index contributed by atoms with van der Waals surface area (Å²) in [7, 11) is 0. The van der Waals surface area contributed by atoms with Gasteiger partial charge >= 0.3 is 0 Å². The molecule has 1 aromatic carbocycles. The van der Waals surface area contributed by atoms with Crippen molar-refractivity contribution in [3.63, 3.8) is 0 Å². The van der Waals surface area contributed by atoms with Crippen molar-refractivity contribution < 1.29 is 9.18 Å². The molecule has 0 bridgehead atoms. The van der Waals surface area contributed by atoms with E-state index in [1.807, 2.05) is 26.8 Å². The van der Waals surface area contributed by atoms with Crippen LogP contribution in [0.15, 0.2) is 30.5 Å². The lowest BCUT2D eigenvalue weighted by Crippen LogP contribution is -2.34. The molecular weight excluding hydrogens is 319 g/mol. The van der Waals surface area contributed by atoms with Crippen LogP contribution < -0.4 is 10.6 Å². The average molecular weight is 344 g/mol. The summed E-state index contributed by atoms with van der Waals surface area (Å²) in [6.45, 7) is 8.36. The van der Waals surface area contributed by atoms with Crippen LogP contribution in [-0.4, -0.2) is 28.5 Å². The third-order valence-corrected chi connectivity index (χ3v) is 3.90. The van der Waals surface area contributed by atoms with E-state index < -0.39 is 5.82 Å². The van der Waals surface area contributed by atoms with Crippen LogP contribution in [0, 0.1) is 12.7 Å². The fraction of sp³-hybridized carbons (Fsp3) is 0.421. The largest absolute Gasteiger partial charge is 0.370 e. The number of amides is 1. The molecule has 5 nitrogen and oxygen atoms in total. The molecule has 2 rings (SSSR count). The van der Waals surface area contributed by atoms with E-state index >= 15 is 0 Å². The van der Waals surface area contributed by atoms with E-state index in [4.69, 9.17) is 0 Å². The minimum atomic E-state index is -0.495. The van der Waals surface area contributed by atoms with E-state index in [1.165, 1.54) is 6.07 Å². The predicted octanol–water partition coefficient (Wildman–Crippen LogP) is 3.67. The van der Waals surface area contributed by atoms with Crippen LogP contribution in [0.3, 0.4) is 0 Å². The Bertz CT molecular complexity index is 713. The number of aryl methyl sites for hydroxylation is 1. The summed E-state index contributed by atoms with van der Waals surface area (Å²) in [6.07, 6.45) is 2.43. The van der Waals surface area contributed by atoms with E-state index in [0.29, 0.717) is 18.5 Å². The van der Waals surface area contributed by atoms with Gasteiger partial charge in [-0.25, -0.2) is 14.4 Å². The summed E-state index contributed by atoms with van der Waals surface area (Å²) in [5, 5.41) is 6.07. The summed E-state index contributed by atoms with van der Waals surface area (Å²) in [4.78, 5) is 20.9. The fourth-order valence-electron chi connectivity index (χ4n) is 2.45. The molecular formula is C19H25FN4O. The van der Waals surface area contributed by atoms with Crippen molar-refractivity contribution in [2.45, 2.75) is 46.1 Å². The molecule has 0 radical (unpaired) electrons. The van der Waals surface area contributed by atoms with Crippen molar-refractivity contribution in [3.8, 4) is 0 Å². The molecule has 2 N–H and O–H groups in total. The van der Waals surface area contributed by atoms with E-state index in [9.17, 15) is 9.18 Å². The summed E-state index contributed by atoms with van der Waals surface area (Å²) < 4.78 is 13.8. The van der Waals surface area contributed by atoms with Crippen LogP contribution in [0.1, 0.15) is 54.9 Å². The maximum atomic E-state index is 13.8. The summed E-state index contributed by atoms with van der Waals surface area (Å²) >= 11 is 0. The second-order valence-electron chi connectivity index (χ2n) is 6.48. The van der Waals surface area contributed by atoms with Crippen LogP contribution in [-0.2, 0) is 0 Å². The van der Waals surface area contributed by atoms with Crippen LogP contribution in [0.2, 0.25) is 0 Å². The molecule has 134 valence electrons. The number of aromatic nitrogens is 2. The zero-order chi connectivity index (χ0) is 18.4. The number of nitrogens with one attached hydrogen (secondary N) is 2. The Morgan fingerprint density at radius 1 is 1.24 bits per heavy atom. The van der Waals surface area contributed by atoms with Gasteiger partial charge in [-0.2, -0.15) is 0 Å². The Kier molecular flexibility index (Phi) is 6.44. The lowest BCUT2D eigenvalue weighted by molar-refractivity contribution is 0.0934. The molecule has 0 aliphatic rings. The second kappa shape index (κ2) is 8.55. The number of nitrogens with zero attached hydrogens (tertiary/aromatic N) is 2. The molecule has 0 saturated carbocycles. The van der Waals surface area contributed by atoms with Crippen molar-refractivity contribution in [1.82, 2.24) is 15.3 Å². The van der Waals surface area contributed by atoms with Crippen molar-refractivity contribution in [2.75, 3.05) is 11.9 Å². The van der Waals surface area contributed by atoms with E-state index in [0.717, 1.165) is 11.6 Å². The first-order valence-corrected chi connectivity index (χ1v) is 8.51. The Labute approximate surface area is 148 Å². The predicted molar refractivity (Wildman–Crippen MR) is 97.3 cm³/mol. The molecule has 2 aromatic rings. The van der Waals surface area contributed by atoms with Crippen molar-refractivity contribution in [1.29, 1.82) is 0 Å². The number of benzene rings is 1. The SMILES string of the molecule is Cc1cccc(F)c1C(=O)N[C@H](C)CCNc1ccnc(C(C)C)n1. The van der Waals surface area contributed by atoms with Crippen LogP contribution in [0.25, 0.3) is 0 Å². The van der Waals surface area contributed by atoms with Gasteiger partial charge in [0.25, 0.3) is 5.91 Å². The van der Waals surface area contributed by atoms with Crippen molar-refractivity contribution in [2.24, 2.45) is 0 Å². The van der Waals surface area contributed by atoms with Crippen LogP contribution in [0.5, 0.6) is 0 Å². The van der Waals surface area contributed by atoms with Gasteiger partial charge in [0, 0.05) is 24.7 Å². The van der Waals surface area contributed by atoms with Gasteiger partial charge in [0.15, 0.2) is 0 Å². The average Bonchev–Trinajstić information content (AvgIpc) is 2.55. The smallest absolute Gasteiger partial charge is 0.254 e. The minimum absolute atomic E-state index is 0.0922. The standard InChI is InChI=1S/C19H25FN4O/c1-12(2)18-22-11-9-16(24-18)21-10-8-14(4)23-19(25)17-13(3)6-5-7-15(17)20/h5-7,9,11-12,14H,8,10H2,1-4H3,(H,23,25)(H,21,22,24)/t14-/m1/s1. The third kappa shape index (κ3) is 5.24. The molecule has 0 saturated heterocycles. The highest BCUT2D eigenvalue weighted by Gasteiger charge is 2.16. The molecule has 0 fully saturated rings. The number of anilines is 1. The first-order valence-electron chi connectivity index (χ1n) is 8.51. The Balaban J connectivity index is 1.86. The van der Waals surface area contributed by atoms with E-state index in [-0.39, 0.29) is 23.4 Å². The number of carbonyl (C=O) groups excluding carboxylic acids is 1. The Hall–Kier alpha value is -2.50. The topological polar surface area (TPSA) is 66.9 Å². The molecule has 1 amide bonds.